The number of amides is 1. The van der Waals surface area contributed by atoms with Crippen LogP contribution in [-0.4, -0.2) is 30.8 Å². The Labute approximate surface area is 217 Å². The summed E-state index contributed by atoms with van der Waals surface area (Å²) in [4.78, 5) is 24.4. The third kappa shape index (κ3) is 7.58. The summed E-state index contributed by atoms with van der Waals surface area (Å²) in [5, 5.41) is 7.18. The Morgan fingerprint density at radius 3 is 2.61 bits per heavy atom. The average Bonchev–Trinajstić information content (AvgIpc) is 2.88. The number of aryl methyl sites for hydroxylation is 1. The van der Waals surface area contributed by atoms with Crippen LogP contribution in [0, 0.1) is 0 Å². The van der Waals surface area contributed by atoms with E-state index in [-0.39, 0.29) is 36.8 Å². The average molecular weight is 508 g/mol. The normalized spacial score (nSPS) is 14.2. The minimum Gasteiger partial charge on any atom is -0.490 e. The lowest BCUT2D eigenvalue weighted by molar-refractivity contribution is -0.145. The monoisotopic (exact) mass is 507 g/mol. The zero-order chi connectivity index (χ0) is 24.5. The van der Waals surface area contributed by atoms with Crippen LogP contribution in [-0.2, 0) is 22.5 Å². The maximum Gasteiger partial charge on any atom is 0.309 e. The van der Waals surface area contributed by atoms with Crippen LogP contribution in [0.1, 0.15) is 46.8 Å². The van der Waals surface area contributed by atoms with Gasteiger partial charge < -0.3 is 20.2 Å². The summed E-state index contributed by atoms with van der Waals surface area (Å²) in [5.74, 6) is 0.311. The van der Waals surface area contributed by atoms with E-state index < -0.39 is 0 Å². The molecule has 0 saturated carbocycles. The predicted molar refractivity (Wildman–Crippen MR) is 143 cm³/mol. The van der Waals surface area contributed by atoms with Crippen molar-refractivity contribution in [1.29, 1.82) is 0 Å². The molecule has 0 bridgehead atoms. The van der Waals surface area contributed by atoms with E-state index in [9.17, 15) is 9.59 Å². The lowest BCUT2D eigenvalue weighted by Gasteiger charge is -2.26. The van der Waals surface area contributed by atoms with Gasteiger partial charge in [0, 0.05) is 11.3 Å². The van der Waals surface area contributed by atoms with Crippen LogP contribution in [0.5, 0.6) is 5.75 Å². The summed E-state index contributed by atoms with van der Waals surface area (Å²) >= 11 is 0. The fourth-order valence-electron chi connectivity index (χ4n) is 3.85. The fraction of sp³-hybridized carbons (Fsp3) is 0.250. The number of carbonyl (C=O) groups excluding carboxylic acids is 2. The van der Waals surface area contributed by atoms with Gasteiger partial charge in [-0.3, -0.25) is 9.59 Å². The van der Waals surface area contributed by atoms with Crippen molar-refractivity contribution in [2.75, 3.05) is 11.9 Å². The zero-order valence-corrected chi connectivity index (χ0v) is 20.9. The second-order valence-electron chi connectivity index (χ2n) is 8.27. The van der Waals surface area contributed by atoms with Gasteiger partial charge >= 0.3 is 5.97 Å². The third-order valence-electron chi connectivity index (χ3n) is 5.65. The molecule has 1 heterocycles. The molecular formula is C28H30ClN3O4. The maximum atomic E-state index is 12.7. The lowest BCUT2D eigenvalue weighted by atomic mass is 10.00. The molecule has 0 fully saturated rings. The first-order valence-electron chi connectivity index (χ1n) is 11.8. The summed E-state index contributed by atoms with van der Waals surface area (Å²) < 4.78 is 11.0. The van der Waals surface area contributed by atoms with Gasteiger partial charge in [-0.2, -0.15) is 5.10 Å². The molecule has 1 atom stereocenters. The van der Waals surface area contributed by atoms with Crippen LogP contribution in [0.4, 0.5) is 5.69 Å². The van der Waals surface area contributed by atoms with Gasteiger partial charge in [0.15, 0.2) is 0 Å². The highest BCUT2D eigenvalue weighted by Gasteiger charge is 2.23. The van der Waals surface area contributed by atoms with E-state index in [1.54, 1.807) is 25.3 Å². The van der Waals surface area contributed by atoms with Crippen molar-refractivity contribution in [3.05, 3.63) is 95.1 Å². The lowest BCUT2D eigenvalue weighted by Crippen LogP contribution is -2.26. The Hall–Kier alpha value is -3.84. The molecular weight excluding hydrogens is 478 g/mol. The highest BCUT2D eigenvalue weighted by molar-refractivity contribution is 6.04. The first-order chi connectivity index (χ1) is 17.1. The number of hydrogen-bond donors (Lipinski definition) is 2. The van der Waals surface area contributed by atoms with Crippen LogP contribution < -0.4 is 15.5 Å². The molecule has 1 unspecified atom stereocenters. The Balaban J connectivity index is 0.00000361. The molecule has 0 aromatic heterocycles. The van der Waals surface area contributed by atoms with E-state index in [0.717, 1.165) is 35.3 Å². The molecule has 7 nitrogen and oxygen atoms in total. The van der Waals surface area contributed by atoms with Gasteiger partial charge in [0.05, 0.1) is 25.8 Å². The number of halogens is 1. The summed E-state index contributed by atoms with van der Waals surface area (Å²) in [7, 11) is 0. The molecule has 0 radical (unpaired) electrons. The Kier molecular flexibility index (Phi) is 9.89. The molecule has 0 aliphatic carbocycles. The molecule has 3 aromatic carbocycles. The molecule has 36 heavy (non-hydrogen) atoms. The Morgan fingerprint density at radius 1 is 1.08 bits per heavy atom. The summed E-state index contributed by atoms with van der Waals surface area (Å²) in [6.07, 6.45) is 3.29. The van der Waals surface area contributed by atoms with Gasteiger partial charge in [-0.1, -0.05) is 42.5 Å². The maximum absolute atomic E-state index is 12.7. The van der Waals surface area contributed by atoms with E-state index in [2.05, 4.69) is 15.8 Å². The van der Waals surface area contributed by atoms with E-state index in [1.807, 2.05) is 60.7 Å². The highest BCUT2D eigenvalue weighted by Crippen LogP contribution is 2.31. The molecule has 0 saturated heterocycles. The van der Waals surface area contributed by atoms with Crippen molar-refractivity contribution in [3.63, 3.8) is 0 Å². The molecule has 1 amide bonds. The Morgan fingerprint density at radius 2 is 1.86 bits per heavy atom. The minimum absolute atomic E-state index is 0. The zero-order valence-electron chi connectivity index (χ0n) is 20.1. The number of anilines is 1. The molecule has 4 rings (SSSR count). The van der Waals surface area contributed by atoms with E-state index in [4.69, 9.17) is 9.47 Å². The topological polar surface area (TPSA) is 89.0 Å². The summed E-state index contributed by atoms with van der Waals surface area (Å²) in [5.41, 5.74) is 7.34. The number of nitrogens with zero attached hydrogens (tertiary/aromatic N) is 1. The Bertz CT molecular complexity index is 1180. The van der Waals surface area contributed by atoms with Crippen molar-refractivity contribution >= 4 is 36.2 Å². The summed E-state index contributed by atoms with van der Waals surface area (Å²) in [6.45, 7) is 2.81. The van der Waals surface area contributed by atoms with Gasteiger partial charge in [-0.05, 0) is 66.8 Å². The first kappa shape index (κ1) is 26.8. The van der Waals surface area contributed by atoms with Crippen molar-refractivity contribution in [3.8, 4) is 5.75 Å². The van der Waals surface area contributed by atoms with Gasteiger partial charge in [0.25, 0.3) is 5.91 Å². The van der Waals surface area contributed by atoms with Gasteiger partial charge in [-0.25, -0.2) is 0 Å². The number of esters is 1. The third-order valence-corrected chi connectivity index (χ3v) is 5.65. The minimum atomic E-state index is -0.245. The molecule has 1 aliphatic rings. The summed E-state index contributed by atoms with van der Waals surface area (Å²) in [6, 6.07) is 22.9. The quantitative estimate of drug-likeness (QED) is 0.238. The molecule has 188 valence electrons. The number of benzene rings is 3. The second-order valence-corrected chi connectivity index (χ2v) is 8.27. The SMILES string of the molecule is CCOC(=O)CC1CCc2cc(NC(=O)c3ccc(C=NNCc4ccccc4)cc3)ccc2O1.Cl. The number of rotatable bonds is 9. The van der Waals surface area contributed by atoms with Crippen molar-refractivity contribution < 1.29 is 19.1 Å². The molecule has 1 aliphatic heterocycles. The largest absolute Gasteiger partial charge is 0.490 e. The second kappa shape index (κ2) is 13.3. The first-order valence-corrected chi connectivity index (χ1v) is 11.8. The number of nitrogens with one attached hydrogen (secondary N) is 2. The van der Waals surface area contributed by atoms with E-state index in [0.29, 0.717) is 24.4 Å². The van der Waals surface area contributed by atoms with Crippen LogP contribution in [0.15, 0.2) is 77.9 Å². The van der Waals surface area contributed by atoms with Crippen molar-refractivity contribution in [2.24, 2.45) is 5.10 Å². The van der Waals surface area contributed by atoms with Crippen LogP contribution in [0.3, 0.4) is 0 Å². The number of hydrazone groups is 1. The molecule has 8 heteroatoms. The molecule has 2 N–H and O–H groups in total. The number of fused-ring (bicyclic) bond motifs is 1. The number of hydrogen-bond acceptors (Lipinski definition) is 6. The molecule has 3 aromatic rings. The molecule has 0 spiro atoms. The smallest absolute Gasteiger partial charge is 0.309 e. The van der Waals surface area contributed by atoms with E-state index >= 15 is 0 Å². The predicted octanol–water partition coefficient (Wildman–Crippen LogP) is 5.13. The highest BCUT2D eigenvalue weighted by atomic mass is 35.5. The van der Waals surface area contributed by atoms with Crippen LogP contribution >= 0.6 is 12.4 Å². The van der Waals surface area contributed by atoms with Crippen LogP contribution in [0.25, 0.3) is 0 Å². The van der Waals surface area contributed by atoms with E-state index in [1.165, 1.54) is 0 Å². The van der Waals surface area contributed by atoms with Crippen LogP contribution in [0.2, 0.25) is 0 Å². The van der Waals surface area contributed by atoms with Gasteiger partial charge in [-0.15, -0.1) is 12.4 Å². The van der Waals surface area contributed by atoms with Gasteiger partial charge in [0.1, 0.15) is 11.9 Å². The standard InChI is InChI=1S/C28H29N3O4.ClH/c1-2-34-27(32)17-25-14-12-23-16-24(13-15-26(23)35-25)31-28(33)22-10-8-21(9-11-22)19-30-29-18-20-6-4-3-5-7-20;/h3-11,13,15-16,19,25,29H,2,12,14,17-18H2,1H3,(H,31,33);1H. The van der Waals surface area contributed by atoms with Crippen molar-refractivity contribution in [2.45, 2.75) is 38.8 Å². The number of carbonyl (C=O) groups is 2. The van der Waals surface area contributed by atoms with Crippen molar-refractivity contribution in [1.82, 2.24) is 5.43 Å². The fourth-order valence-corrected chi connectivity index (χ4v) is 3.85. The van der Waals surface area contributed by atoms with Gasteiger partial charge in [0.2, 0.25) is 0 Å². The number of ether oxygens (including phenoxy) is 2.